The van der Waals surface area contributed by atoms with Crippen LogP contribution in [0.3, 0.4) is 0 Å². The van der Waals surface area contributed by atoms with Crippen LogP contribution >= 0.6 is 11.8 Å². The van der Waals surface area contributed by atoms with E-state index in [4.69, 9.17) is 4.42 Å². The van der Waals surface area contributed by atoms with Crippen LogP contribution < -0.4 is 5.32 Å². The van der Waals surface area contributed by atoms with Crippen LogP contribution in [0.25, 0.3) is 11.3 Å². The number of nitrogens with zero attached hydrogens (tertiary/aromatic N) is 1. The first-order valence-electron chi connectivity index (χ1n) is 9.66. The number of benzene rings is 2. The molecule has 1 aliphatic rings. The van der Waals surface area contributed by atoms with Crippen LogP contribution in [0.5, 0.6) is 0 Å². The minimum absolute atomic E-state index is 0.0197. The summed E-state index contributed by atoms with van der Waals surface area (Å²) in [7, 11) is 0. The van der Waals surface area contributed by atoms with Gasteiger partial charge >= 0.3 is 0 Å². The Kier molecular flexibility index (Phi) is 5.90. The summed E-state index contributed by atoms with van der Waals surface area (Å²) >= 11 is 1.86. The summed E-state index contributed by atoms with van der Waals surface area (Å²) in [6.45, 7) is 3.37. The van der Waals surface area contributed by atoms with Gasteiger partial charge in [0.2, 0.25) is 0 Å². The number of hydrogen-bond donors (Lipinski definition) is 1. The first-order chi connectivity index (χ1) is 14.5. The van der Waals surface area contributed by atoms with E-state index < -0.39 is 5.91 Å². The molecule has 1 aromatic heterocycles. The van der Waals surface area contributed by atoms with E-state index in [2.05, 4.69) is 5.32 Å². The molecule has 0 radical (unpaired) electrons. The van der Waals surface area contributed by atoms with Gasteiger partial charge in [0.05, 0.1) is 0 Å². The minimum atomic E-state index is -0.390. The first-order valence-corrected chi connectivity index (χ1v) is 10.8. The predicted octanol–water partition coefficient (Wildman–Crippen LogP) is 4.84. The highest BCUT2D eigenvalue weighted by Gasteiger charge is 2.19. The van der Waals surface area contributed by atoms with Gasteiger partial charge in [-0.2, -0.15) is 11.8 Å². The number of thioether (sulfide) groups is 1. The highest BCUT2D eigenvalue weighted by molar-refractivity contribution is 7.99. The van der Waals surface area contributed by atoms with Gasteiger partial charge in [-0.3, -0.25) is 9.59 Å². The Bertz CT molecular complexity index is 1070. The van der Waals surface area contributed by atoms with Crippen molar-refractivity contribution in [3.8, 4) is 11.3 Å². The number of aryl methyl sites for hydroxylation is 1. The number of carbonyl (C=O) groups excluding carboxylic acids is 2. The summed E-state index contributed by atoms with van der Waals surface area (Å²) in [5.41, 5.74) is 2.72. The van der Waals surface area contributed by atoms with Gasteiger partial charge in [-0.05, 0) is 67.1 Å². The van der Waals surface area contributed by atoms with Gasteiger partial charge in [-0.25, -0.2) is 4.39 Å². The number of rotatable bonds is 4. The fraction of sp³-hybridized carbons (Fsp3) is 0.217. The van der Waals surface area contributed by atoms with E-state index in [0.717, 1.165) is 30.2 Å². The molecule has 2 amide bonds. The predicted molar refractivity (Wildman–Crippen MR) is 116 cm³/mol. The molecule has 2 heterocycles. The summed E-state index contributed by atoms with van der Waals surface area (Å²) in [5, 5.41) is 2.83. The van der Waals surface area contributed by atoms with Crippen LogP contribution in [0.2, 0.25) is 0 Å². The third kappa shape index (κ3) is 4.41. The molecule has 0 atom stereocenters. The Balaban J connectivity index is 1.45. The van der Waals surface area contributed by atoms with Gasteiger partial charge in [0.1, 0.15) is 11.6 Å². The van der Waals surface area contributed by atoms with E-state index in [9.17, 15) is 14.0 Å². The van der Waals surface area contributed by atoms with E-state index in [1.54, 1.807) is 42.5 Å². The van der Waals surface area contributed by atoms with E-state index >= 15 is 0 Å². The topological polar surface area (TPSA) is 62.6 Å². The Hall–Kier alpha value is -3.06. The number of nitrogens with one attached hydrogen (secondary N) is 1. The minimum Gasteiger partial charge on any atom is -0.451 e. The molecule has 5 nitrogen and oxygen atoms in total. The maximum Gasteiger partial charge on any atom is 0.291 e. The number of furan rings is 1. The van der Waals surface area contributed by atoms with Crippen molar-refractivity contribution in [1.29, 1.82) is 0 Å². The fourth-order valence-electron chi connectivity index (χ4n) is 3.30. The summed E-state index contributed by atoms with van der Waals surface area (Å²) in [6.07, 6.45) is 0. The molecule has 154 valence electrons. The lowest BCUT2D eigenvalue weighted by atomic mass is 10.1. The maximum absolute atomic E-state index is 13.1. The van der Waals surface area contributed by atoms with Gasteiger partial charge in [0, 0.05) is 41.4 Å². The van der Waals surface area contributed by atoms with Crippen molar-refractivity contribution >= 4 is 29.3 Å². The fourth-order valence-corrected chi connectivity index (χ4v) is 4.20. The van der Waals surface area contributed by atoms with Crippen molar-refractivity contribution in [2.45, 2.75) is 6.92 Å². The Labute approximate surface area is 178 Å². The maximum atomic E-state index is 13.1. The lowest BCUT2D eigenvalue weighted by molar-refractivity contribution is 0.0772. The lowest BCUT2D eigenvalue weighted by Crippen LogP contribution is -2.37. The van der Waals surface area contributed by atoms with Crippen LogP contribution in [0.15, 0.2) is 59.0 Å². The first kappa shape index (κ1) is 20.2. The number of anilines is 1. The van der Waals surface area contributed by atoms with Crippen LogP contribution in [-0.4, -0.2) is 41.3 Å². The molecule has 0 bridgehead atoms. The molecule has 0 saturated carbocycles. The zero-order chi connectivity index (χ0) is 21.1. The van der Waals surface area contributed by atoms with E-state index in [1.807, 2.05) is 23.6 Å². The zero-order valence-electron chi connectivity index (χ0n) is 16.5. The molecule has 0 aliphatic carbocycles. The second kappa shape index (κ2) is 8.75. The van der Waals surface area contributed by atoms with Crippen molar-refractivity contribution < 1.29 is 18.4 Å². The van der Waals surface area contributed by atoms with Crippen molar-refractivity contribution in [1.82, 2.24) is 4.90 Å². The summed E-state index contributed by atoms with van der Waals surface area (Å²) in [4.78, 5) is 27.1. The van der Waals surface area contributed by atoms with Crippen molar-refractivity contribution in [3.05, 3.63) is 77.3 Å². The van der Waals surface area contributed by atoms with Crippen LogP contribution in [0, 0.1) is 12.7 Å². The standard InChI is InChI=1S/C23H21FN2O3S/c1-15-14-17(23(28)26-10-12-30-13-11-26)4-7-19(15)25-22(27)21-9-8-20(29-21)16-2-5-18(24)6-3-16/h2-9,14H,10-13H2,1H3,(H,25,27). The third-order valence-corrected chi connectivity index (χ3v) is 5.92. The van der Waals surface area contributed by atoms with Crippen LogP contribution in [-0.2, 0) is 0 Å². The van der Waals surface area contributed by atoms with Gasteiger partial charge in [-0.15, -0.1) is 0 Å². The average Bonchev–Trinajstić information content (AvgIpc) is 3.26. The van der Waals surface area contributed by atoms with Crippen molar-refractivity contribution in [3.63, 3.8) is 0 Å². The Morgan fingerprint density at radius 3 is 2.47 bits per heavy atom. The van der Waals surface area contributed by atoms with Crippen molar-refractivity contribution in [2.24, 2.45) is 0 Å². The second-order valence-electron chi connectivity index (χ2n) is 7.06. The normalized spacial score (nSPS) is 13.9. The molecule has 1 fully saturated rings. The molecule has 0 spiro atoms. The molecular formula is C23H21FN2O3S. The summed E-state index contributed by atoms with van der Waals surface area (Å²) in [6, 6.07) is 14.4. The van der Waals surface area contributed by atoms with Gasteiger partial charge in [-0.1, -0.05) is 0 Å². The summed E-state index contributed by atoms with van der Waals surface area (Å²) in [5.74, 6) is 1.85. The van der Waals surface area contributed by atoms with E-state index in [-0.39, 0.29) is 17.5 Å². The SMILES string of the molecule is Cc1cc(C(=O)N2CCSCC2)ccc1NC(=O)c1ccc(-c2ccc(F)cc2)o1. The quantitative estimate of drug-likeness (QED) is 0.651. The molecule has 7 heteroatoms. The van der Waals surface area contributed by atoms with E-state index in [0.29, 0.717) is 22.6 Å². The van der Waals surface area contributed by atoms with Crippen LogP contribution in [0.4, 0.5) is 10.1 Å². The third-order valence-electron chi connectivity index (χ3n) is 4.98. The molecule has 30 heavy (non-hydrogen) atoms. The number of amides is 2. The second-order valence-corrected chi connectivity index (χ2v) is 8.28. The molecule has 1 saturated heterocycles. The van der Waals surface area contributed by atoms with Crippen LogP contribution in [0.1, 0.15) is 26.5 Å². The molecule has 2 aromatic carbocycles. The van der Waals surface area contributed by atoms with Gasteiger partial charge in [0.25, 0.3) is 11.8 Å². The summed E-state index contributed by atoms with van der Waals surface area (Å²) < 4.78 is 18.7. The molecule has 0 unspecified atom stereocenters. The van der Waals surface area contributed by atoms with Crippen molar-refractivity contribution in [2.75, 3.05) is 29.9 Å². The van der Waals surface area contributed by atoms with Gasteiger partial charge < -0.3 is 14.6 Å². The molecule has 1 N–H and O–H groups in total. The van der Waals surface area contributed by atoms with E-state index in [1.165, 1.54) is 12.1 Å². The number of carbonyl (C=O) groups is 2. The highest BCUT2D eigenvalue weighted by atomic mass is 32.2. The average molecular weight is 424 g/mol. The monoisotopic (exact) mass is 424 g/mol. The smallest absolute Gasteiger partial charge is 0.291 e. The Morgan fingerprint density at radius 2 is 1.77 bits per heavy atom. The van der Waals surface area contributed by atoms with Gasteiger partial charge in [0.15, 0.2) is 5.76 Å². The number of halogens is 1. The Morgan fingerprint density at radius 1 is 1.03 bits per heavy atom. The highest BCUT2D eigenvalue weighted by Crippen LogP contribution is 2.24. The number of hydrogen-bond acceptors (Lipinski definition) is 4. The lowest BCUT2D eigenvalue weighted by Gasteiger charge is -2.26. The largest absolute Gasteiger partial charge is 0.451 e. The molecule has 4 rings (SSSR count). The zero-order valence-corrected chi connectivity index (χ0v) is 17.3. The molecular weight excluding hydrogens is 403 g/mol. The molecule has 3 aromatic rings. The molecule has 1 aliphatic heterocycles.